The number of hydrogen-bond donors (Lipinski definition) is 1. The number of hydrogen-bond acceptors (Lipinski definition) is 6. The Morgan fingerprint density at radius 2 is 2.03 bits per heavy atom. The maximum Gasteiger partial charge on any atom is 0.416 e. The van der Waals surface area contributed by atoms with Crippen LogP contribution in [0, 0.1) is 0 Å². The predicted octanol–water partition coefficient (Wildman–Crippen LogP) is 4.69. The van der Waals surface area contributed by atoms with Crippen molar-refractivity contribution in [2.24, 2.45) is 0 Å². The van der Waals surface area contributed by atoms with Crippen molar-refractivity contribution >= 4 is 28.5 Å². The summed E-state index contributed by atoms with van der Waals surface area (Å²) in [6, 6.07) is 8.82. The van der Waals surface area contributed by atoms with E-state index in [0.29, 0.717) is 19.5 Å². The lowest BCUT2D eigenvalue weighted by molar-refractivity contribution is -0.156. The third-order valence-corrected chi connectivity index (χ3v) is 5.88. The van der Waals surface area contributed by atoms with Crippen LogP contribution in [0.5, 0.6) is 5.75 Å². The minimum atomic E-state index is -4.59. The van der Waals surface area contributed by atoms with E-state index in [4.69, 9.17) is 30.6 Å². The number of alkyl halides is 3. The van der Waals surface area contributed by atoms with E-state index in [0.717, 1.165) is 12.1 Å². The van der Waals surface area contributed by atoms with Crippen molar-refractivity contribution in [1.29, 1.82) is 0 Å². The first-order chi connectivity index (χ1) is 16.6. The van der Waals surface area contributed by atoms with Crippen LogP contribution in [0.3, 0.4) is 0 Å². The SMILES string of the molecule is O=C(O)C1CN(CCCOc2cc(C(F)(F)F)ccc2-c2cc(=O)c3cccc(Cl)c3o2)CCO1. The van der Waals surface area contributed by atoms with Gasteiger partial charge in [0.05, 0.1) is 34.7 Å². The number of halogens is 4. The number of ether oxygens (including phenoxy) is 2. The highest BCUT2D eigenvalue weighted by Gasteiger charge is 2.32. The molecule has 1 atom stereocenters. The third kappa shape index (κ3) is 5.77. The lowest BCUT2D eigenvalue weighted by Crippen LogP contribution is -2.46. The molecule has 0 spiro atoms. The molecule has 186 valence electrons. The van der Waals surface area contributed by atoms with Gasteiger partial charge in [0, 0.05) is 25.7 Å². The molecule has 1 aromatic heterocycles. The number of rotatable bonds is 7. The van der Waals surface area contributed by atoms with Gasteiger partial charge in [0.15, 0.2) is 17.1 Å². The van der Waals surface area contributed by atoms with Crippen molar-refractivity contribution in [3.8, 4) is 17.1 Å². The smallest absolute Gasteiger partial charge is 0.416 e. The van der Waals surface area contributed by atoms with Crippen LogP contribution in [0.2, 0.25) is 5.02 Å². The van der Waals surface area contributed by atoms with E-state index in [9.17, 15) is 22.8 Å². The monoisotopic (exact) mass is 511 g/mol. The zero-order valence-corrected chi connectivity index (χ0v) is 19.1. The fourth-order valence-electron chi connectivity index (χ4n) is 3.82. The molecule has 0 amide bonds. The Balaban J connectivity index is 1.57. The molecule has 2 aromatic carbocycles. The van der Waals surface area contributed by atoms with Crippen LogP contribution in [0.4, 0.5) is 13.2 Å². The van der Waals surface area contributed by atoms with Crippen molar-refractivity contribution in [1.82, 2.24) is 4.90 Å². The van der Waals surface area contributed by atoms with Crippen molar-refractivity contribution in [2.75, 3.05) is 32.8 Å². The molecule has 4 rings (SSSR count). The summed E-state index contributed by atoms with van der Waals surface area (Å²) < 4.78 is 56.7. The molecule has 1 unspecified atom stereocenters. The average Bonchev–Trinajstić information content (AvgIpc) is 2.82. The minimum absolute atomic E-state index is 0.0248. The van der Waals surface area contributed by atoms with E-state index in [-0.39, 0.29) is 52.8 Å². The highest BCUT2D eigenvalue weighted by molar-refractivity contribution is 6.34. The molecule has 0 bridgehead atoms. The summed E-state index contributed by atoms with van der Waals surface area (Å²) in [5, 5.41) is 9.55. The summed E-state index contributed by atoms with van der Waals surface area (Å²) in [5.74, 6) is -1.12. The third-order valence-electron chi connectivity index (χ3n) is 5.58. The first-order valence-corrected chi connectivity index (χ1v) is 11.1. The number of benzene rings is 2. The highest BCUT2D eigenvalue weighted by atomic mass is 35.5. The highest BCUT2D eigenvalue weighted by Crippen LogP contribution is 2.38. The van der Waals surface area contributed by atoms with Crippen LogP contribution in [0.15, 0.2) is 51.7 Å². The molecular weight excluding hydrogens is 491 g/mol. The molecule has 1 fully saturated rings. The van der Waals surface area contributed by atoms with E-state index in [1.807, 2.05) is 4.90 Å². The Morgan fingerprint density at radius 3 is 2.77 bits per heavy atom. The fourth-order valence-corrected chi connectivity index (χ4v) is 4.04. The van der Waals surface area contributed by atoms with Gasteiger partial charge in [-0.2, -0.15) is 13.2 Å². The average molecular weight is 512 g/mol. The molecule has 1 aliphatic rings. The van der Waals surface area contributed by atoms with Crippen LogP contribution in [-0.4, -0.2) is 54.9 Å². The maximum atomic E-state index is 13.3. The number of carboxylic acids is 1. The van der Waals surface area contributed by atoms with Gasteiger partial charge in [0.2, 0.25) is 0 Å². The Bertz CT molecular complexity index is 1290. The van der Waals surface area contributed by atoms with Crippen LogP contribution in [0.25, 0.3) is 22.3 Å². The number of fused-ring (bicyclic) bond motifs is 1. The predicted molar refractivity (Wildman–Crippen MR) is 122 cm³/mol. The summed E-state index contributed by atoms with van der Waals surface area (Å²) in [6.45, 7) is 1.57. The summed E-state index contributed by atoms with van der Waals surface area (Å²) in [5.41, 5.74) is -0.998. The Morgan fingerprint density at radius 1 is 1.23 bits per heavy atom. The van der Waals surface area contributed by atoms with Gasteiger partial charge < -0.3 is 19.0 Å². The topological polar surface area (TPSA) is 89.2 Å². The lowest BCUT2D eigenvalue weighted by atomic mass is 10.1. The number of aliphatic carboxylic acids is 1. The molecule has 11 heteroatoms. The zero-order chi connectivity index (χ0) is 25.2. The molecular formula is C24H21ClF3NO6. The quantitative estimate of drug-likeness (QED) is 0.460. The number of para-hydroxylation sites is 1. The fraction of sp³-hybridized carbons (Fsp3) is 0.333. The van der Waals surface area contributed by atoms with E-state index in [2.05, 4.69) is 0 Å². The van der Waals surface area contributed by atoms with E-state index in [1.165, 1.54) is 12.1 Å². The second-order valence-corrected chi connectivity index (χ2v) is 8.41. The molecule has 3 aromatic rings. The molecule has 1 saturated heterocycles. The first kappa shape index (κ1) is 25.0. The molecule has 2 heterocycles. The summed E-state index contributed by atoms with van der Waals surface area (Å²) in [4.78, 5) is 25.6. The van der Waals surface area contributed by atoms with E-state index in [1.54, 1.807) is 18.2 Å². The van der Waals surface area contributed by atoms with Gasteiger partial charge in [0.1, 0.15) is 11.5 Å². The number of carboxylic acid groups (broad SMARTS) is 1. The van der Waals surface area contributed by atoms with Gasteiger partial charge >= 0.3 is 12.1 Å². The molecule has 1 aliphatic heterocycles. The number of morpholine rings is 1. The number of nitrogens with zero attached hydrogens (tertiary/aromatic N) is 1. The standard InChI is InChI=1S/C24H21ClF3NO6/c25-17-4-1-3-15-18(30)12-20(35-22(15)17)16-6-5-14(24(26,27)28)11-19(16)33-9-2-7-29-8-10-34-21(13-29)23(31)32/h1,3-6,11-12,21H,2,7-10,13H2,(H,31,32). The van der Waals surface area contributed by atoms with Crippen molar-refractivity contribution in [2.45, 2.75) is 18.7 Å². The minimum Gasteiger partial charge on any atom is -0.493 e. The molecule has 0 radical (unpaired) electrons. The second-order valence-electron chi connectivity index (χ2n) is 8.00. The van der Waals surface area contributed by atoms with Crippen molar-refractivity contribution < 1.29 is 37.0 Å². The van der Waals surface area contributed by atoms with Crippen LogP contribution in [0.1, 0.15) is 12.0 Å². The molecule has 0 aliphatic carbocycles. The van der Waals surface area contributed by atoms with Crippen LogP contribution < -0.4 is 10.2 Å². The number of carbonyl (C=O) groups is 1. The van der Waals surface area contributed by atoms with E-state index >= 15 is 0 Å². The zero-order valence-electron chi connectivity index (χ0n) is 18.3. The van der Waals surface area contributed by atoms with Crippen LogP contribution in [-0.2, 0) is 15.7 Å². The van der Waals surface area contributed by atoms with Crippen LogP contribution >= 0.6 is 11.6 Å². The van der Waals surface area contributed by atoms with Gasteiger partial charge in [-0.05, 0) is 36.8 Å². The summed E-state index contributed by atoms with van der Waals surface area (Å²) >= 11 is 6.16. The molecule has 7 nitrogen and oxygen atoms in total. The Hall–Kier alpha value is -3.08. The maximum absolute atomic E-state index is 13.3. The van der Waals surface area contributed by atoms with Gasteiger partial charge in [-0.1, -0.05) is 17.7 Å². The molecule has 1 N–H and O–H groups in total. The van der Waals surface area contributed by atoms with Crippen molar-refractivity contribution in [3.63, 3.8) is 0 Å². The normalized spacial score (nSPS) is 17.0. The summed E-state index contributed by atoms with van der Waals surface area (Å²) in [7, 11) is 0. The first-order valence-electron chi connectivity index (χ1n) is 10.8. The van der Waals surface area contributed by atoms with Crippen molar-refractivity contribution in [3.05, 3.63) is 63.3 Å². The molecule has 0 saturated carbocycles. The van der Waals surface area contributed by atoms with Gasteiger partial charge in [-0.25, -0.2) is 4.79 Å². The van der Waals surface area contributed by atoms with Gasteiger partial charge in [0.25, 0.3) is 0 Å². The second kappa shape index (κ2) is 10.3. The van der Waals surface area contributed by atoms with E-state index < -0.39 is 29.2 Å². The lowest BCUT2D eigenvalue weighted by Gasteiger charge is -2.30. The Kier molecular flexibility index (Phi) is 7.34. The molecule has 35 heavy (non-hydrogen) atoms. The van der Waals surface area contributed by atoms with Gasteiger partial charge in [-0.15, -0.1) is 0 Å². The van der Waals surface area contributed by atoms with Gasteiger partial charge in [-0.3, -0.25) is 9.69 Å². The summed E-state index contributed by atoms with van der Waals surface area (Å²) in [6.07, 6.45) is -5.08. The largest absolute Gasteiger partial charge is 0.493 e. The Labute approximate surface area is 202 Å².